The van der Waals surface area contributed by atoms with E-state index in [1.165, 1.54) is 0 Å². The van der Waals surface area contributed by atoms with Gasteiger partial charge in [-0.25, -0.2) is 15.0 Å². The highest BCUT2D eigenvalue weighted by Gasteiger charge is 2.21. The molecule has 0 saturated heterocycles. The van der Waals surface area contributed by atoms with Gasteiger partial charge in [0, 0.05) is 10.6 Å². The summed E-state index contributed by atoms with van der Waals surface area (Å²) in [6.07, 6.45) is 1.56. The number of benzene rings is 3. The van der Waals surface area contributed by atoms with Crippen LogP contribution in [0.25, 0.3) is 33.2 Å². The van der Waals surface area contributed by atoms with Gasteiger partial charge in [-0.1, -0.05) is 60.1 Å². The predicted molar refractivity (Wildman–Crippen MR) is 137 cm³/mol. The minimum Gasteiger partial charge on any atom is -0.496 e. The smallest absolute Gasteiger partial charge is 0.265 e. The molecule has 0 bridgehead atoms. The topological polar surface area (TPSA) is 74.8 Å². The van der Waals surface area contributed by atoms with Crippen LogP contribution in [0.5, 0.6) is 5.75 Å². The molecule has 0 saturated carbocycles. The number of rotatable bonds is 5. The first-order valence-corrected chi connectivity index (χ1v) is 11.5. The van der Waals surface area contributed by atoms with E-state index in [4.69, 9.17) is 31.3 Å². The maximum atomic E-state index is 13.8. The van der Waals surface area contributed by atoms with E-state index >= 15 is 0 Å². The van der Waals surface area contributed by atoms with E-state index in [2.05, 4.69) is 0 Å². The van der Waals surface area contributed by atoms with Crippen LogP contribution in [0.4, 0.5) is 0 Å². The molecule has 0 radical (unpaired) electrons. The Labute approximate surface area is 205 Å². The van der Waals surface area contributed by atoms with E-state index in [9.17, 15) is 4.79 Å². The van der Waals surface area contributed by atoms with Crippen molar-refractivity contribution in [2.45, 2.75) is 13.1 Å². The summed E-state index contributed by atoms with van der Waals surface area (Å²) in [5, 5.41) is 1.03. The van der Waals surface area contributed by atoms with E-state index < -0.39 is 0 Å². The molecule has 8 heteroatoms. The molecule has 0 N–H and O–H groups in total. The van der Waals surface area contributed by atoms with Crippen molar-refractivity contribution in [2.75, 3.05) is 7.11 Å². The number of methoxy groups -OCH3 is 1. The predicted octanol–water partition coefficient (Wildman–Crippen LogP) is 5.05. The Morgan fingerprint density at radius 2 is 1.51 bits per heavy atom. The van der Waals surface area contributed by atoms with Crippen molar-refractivity contribution in [2.24, 2.45) is 0 Å². The van der Waals surface area contributed by atoms with E-state index in [0.29, 0.717) is 40.3 Å². The largest absolute Gasteiger partial charge is 0.496 e. The van der Waals surface area contributed by atoms with E-state index in [1.807, 2.05) is 77.4 Å². The molecule has 0 aliphatic rings. The third-order valence-corrected chi connectivity index (χ3v) is 6.51. The Morgan fingerprint density at radius 1 is 0.829 bits per heavy atom. The van der Waals surface area contributed by atoms with Gasteiger partial charge in [0.1, 0.15) is 23.0 Å². The summed E-state index contributed by atoms with van der Waals surface area (Å²) in [5.41, 5.74) is 4.73. The lowest BCUT2D eigenvalue weighted by atomic mass is 10.2. The fourth-order valence-electron chi connectivity index (χ4n) is 4.42. The Hall–Kier alpha value is -4.23. The SMILES string of the molecule is COc1ccccc1Cn1c2nc3ccccc3nc2c2c(=O)n(Cc3ccccc3Cl)cnc21. The van der Waals surface area contributed by atoms with Crippen LogP contribution < -0.4 is 10.3 Å². The van der Waals surface area contributed by atoms with Gasteiger partial charge in [-0.3, -0.25) is 9.36 Å². The third-order valence-electron chi connectivity index (χ3n) is 6.14. The average Bonchev–Trinajstić information content (AvgIpc) is 3.18. The van der Waals surface area contributed by atoms with Crippen molar-refractivity contribution in [1.82, 2.24) is 24.1 Å². The molecule has 3 aromatic heterocycles. The summed E-state index contributed by atoms with van der Waals surface area (Å²) in [6.45, 7) is 0.736. The van der Waals surface area contributed by atoms with Gasteiger partial charge in [0.2, 0.25) is 0 Å². The van der Waals surface area contributed by atoms with Gasteiger partial charge in [0.25, 0.3) is 5.56 Å². The van der Waals surface area contributed by atoms with Crippen molar-refractivity contribution in [3.63, 3.8) is 0 Å². The second-order valence-electron chi connectivity index (χ2n) is 8.25. The summed E-state index contributed by atoms with van der Waals surface area (Å²) < 4.78 is 9.06. The zero-order valence-corrected chi connectivity index (χ0v) is 19.6. The fourth-order valence-corrected chi connectivity index (χ4v) is 4.61. The van der Waals surface area contributed by atoms with Gasteiger partial charge in [0.15, 0.2) is 11.3 Å². The van der Waals surface area contributed by atoms with Crippen molar-refractivity contribution >= 4 is 44.8 Å². The number of ether oxygens (including phenoxy) is 1. The van der Waals surface area contributed by atoms with E-state index in [-0.39, 0.29) is 5.56 Å². The summed E-state index contributed by atoms with van der Waals surface area (Å²) in [5.74, 6) is 0.753. The first-order valence-electron chi connectivity index (χ1n) is 11.1. The van der Waals surface area contributed by atoms with Crippen LogP contribution in [0, 0.1) is 0 Å². The molecule has 3 aromatic carbocycles. The lowest BCUT2D eigenvalue weighted by Gasteiger charge is -2.11. The van der Waals surface area contributed by atoms with Gasteiger partial charge in [-0.05, 0) is 29.8 Å². The average molecular weight is 482 g/mol. The molecule has 0 unspecified atom stereocenters. The number of halogens is 1. The molecule has 3 heterocycles. The molecule has 172 valence electrons. The quantitative estimate of drug-likeness (QED) is 0.344. The summed E-state index contributed by atoms with van der Waals surface area (Å²) in [7, 11) is 1.64. The Morgan fingerprint density at radius 3 is 2.29 bits per heavy atom. The highest BCUT2D eigenvalue weighted by molar-refractivity contribution is 6.31. The van der Waals surface area contributed by atoms with Crippen LogP contribution in [-0.4, -0.2) is 31.2 Å². The number of aromatic nitrogens is 5. The second-order valence-corrected chi connectivity index (χ2v) is 8.66. The molecule has 6 aromatic rings. The van der Waals surface area contributed by atoms with Crippen LogP contribution in [0.15, 0.2) is 83.9 Å². The van der Waals surface area contributed by atoms with Gasteiger partial charge < -0.3 is 9.30 Å². The minimum absolute atomic E-state index is 0.191. The molecule has 0 aliphatic carbocycles. The number of hydrogen-bond donors (Lipinski definition) is 0. The molecule has 6 rings (SSSR count). The normalized spacial score (nSPS) is 11.5. The van der Waals surface area contributed by atoms with Crippen molar-refractivity contribution < 1.29 is 4.74 Å². The van der Waals surface area contributed by atoms with E-state index in [0.717, 1.165) is 27.9 Å². The van der Waals surface area contributed by atoms with Crippen LogP contribution in [-0.2, 0) is 13.1 Å². The summed E-state index contributed by atoms with van der Waals surface area (Å²) in [6, 6.07) is 22.9. The van der Waals surface area contributed by atoms with Gasteiger partial charge in [-0.15, -0.1) is 0 Å². The monoisotopic (exact) mass is 481 g/mol. The zero-order chi connectivity index (χ0) is 23.9. The van der Waals surface area contributed by atoms with Crippen LogP contribution in [0.2, 0.25) is 5.02 Å². The fraction of sp³-hybridized carbons (Fsp3) is 0.111. The van der Waals surface area contributed by atoms with Crippen LogP contribution in [0.1, 0.15) is 11.1 Å². The zero-order valence-electron chi connectivity index (χ0n) is 18.9. The molecule has 7 nitrogen and oxygen atoms in total. The lowest BCUT2D eigenvalue weighted by molar-refractivity contribution is 0.409. The van der Waals surface area contributed by atoms with Crippen molar-refractivity contribution in [3.05, 3.63) is 106 Å². The maximum Gasteiger partial charge on any atom is 0.265 e. The maximum absolute atomic E-state index is 13.8. The number of hydrogen-bond acceptors (Lipinski definition) is 5. The Kier molecular flexibility index (Phi) is 5.19. The second kappa shape index (κ2) is 8.52. The summed E-state index contributed by atoms with van der Waals surface area (Å²) in [4.78, 5) is 28.2. The highest BCUT2D eigenvalue weighted by atomic mass is 35.5. The van der Waals surface area contributed by atoms with E-state index in [1.54, 1.807) is 18.0 Å². The summed E-state index contributed by atoms with van der Waals surface area (Å²) >= 11 is 6.35. The van der Waals surface area contributed by atoms with Gasteiger partial charge in [0.05, 0.1) is 31.2 Å². The minimum atomic E-state index is -0.191. The molecule has 0 spiro atoms. The van der Waals surface area contributed by atoms with Gasteiger partial charge in [-0.2, -0.15) is 0 Å². The standard InChI is InChI=1S/C27H20ClN5O2/c1-35-22-13-7-3-9-18(22)15-33-25-23(24-26(33)31-21-12-6-5-11-20(21)30-24)27(34)32(16-29-25)14-17-8-2-4-10-19(17)28/h2-13,16H,14-15H2,1H3. The number of nitrogens with zero attached hydrogens (tertiary/aromatic N) is 5. The Bertz CT molecular complexity index is 1790. The molecule has 0 fully saturated rings. The molecule has 0 aliphatic heterocycles. The van der Waals surface area contributed by atoms with Crippen LogP contribution >= 0.6 is 11.6 Å². The first kappa shape index (κ1) is 21.3. The van der Waals surface area contributed by atoms with Gasteiger partial charge >= 0.3 is 0 Å². The highest BCUT2D eigenvalue weighted by Crippen LogP contribution is 2.28. The third kappa shape index (κ3) is 3.61. The lowest BCUT2D eigenvalue weighted by Crippen LogP contribution is -2.21. The molecule has 0 amide bonds. The molecule has 0 atom stereocenters. The van der Waals surface area contributed by atoms with Crippen molar-refractivity contribution in [1.29, 1.82) is 0 Å². The van der Waals surface area contributed by atoms with Crippen molar-refractivity contribution in [3.8, 4) is 5.75 Å². The molecular formula is C27H20ClN5O2. The first-order chi connectivity index (χ1) is 17.1. The van der Waals surface area contributed by atoms with Crippen LogP contribution in [0.3, 0.4) is 0 Å². The number of fused-ring (bicyclic) bond motifs is 4. The Balaban J connectivity index is 1.62. The molecular weight excluding hydrogens is 462 g/mol. The molecule has 35 heavy (non-hydrogen) atoms. The number of para-hydroxylation sites is 3.